The van der Waals surface area contributed by atoms with Crippen molar-refractivity contribution in [3.63, 3.8) is 0 Å². The highest BCUT2D eigenvalue weighted by atomic mass is 16.5. The fourth-order valence-electron chi connectivity index (χ4n) is 3.65. The zero-order valence-corrected chi connectivity index (χ0v) is 20.7. The molecule has 0 unspecified atom stereocenters. The van der Waals surface area contributed by atoms with Gasteiger partial charge in [0.1, 0.15) is 11.5 Å². The molecule has 32 heavy (non-hydrogen) atoms. The monoisotopic (exact) mass is 434 g/mol. The summed E-state index contributed by atoms with van der Waals surface area (Å²) in [6.45, 7) is 10.2. The van der Waals surface area contributed by atoms with Gasteiger partial charge in [-0.2, -0.15) is 0 Å². The van der Waals surface area contributed by atoms with E-state index in [1.807, 2.05) is 6.92 Å². The Morgan fingerprint density at radius 2 is 1.31 bits per heavy atom. The number of hydrogen-bond donors (Lipinski definition) is 0. The predicted molar refractivity (Wildman–Crippen MR) is 141 cm³/mol. The summed E-state index contributed by atoms with van der Waals surface area (Å²) in [4.78, 5) is 0. The van der Waals surface area contributed by atoms with Crippen LogP contribution in [-0.4, -0.2) is 13.2 Å². The van der Waals surface area contributed by atoms with E-state index in [4.69, 9.17) is 9.47 Å². The van der Waals surface area contributed by atoms with Gasteiger partial charge in [0.05, 0.1) is 13.2 Å². The van der Waals surface area contributed by atoms with Crippen LogP contribution in [0.5, 0.6) is 11.5 Å². The molecule has 0 fully saturated rings. The van der Waals surface area contributed by atoms with Gasteiger partial charge in [-0.3, -0.25) is 0 Å². The fourth-order valence-corrected chi connectivity index (χ4v) is 3.65. The number of ether oxygens (including phenoxy) is 2. The van der Waals surface area contributed by atoms with Crippen LogP contribution in [0.3, 0.4) is 0 Å². The van der Waals surface area contributed by atoms with Crippen LogP contribution in [0, 0.1) is 6.92 Å². The Morgan fingerprint density at radius 3 is 1.94 bits per heavy atom. The second kappa shape index (κ2) is 15.3. The van der Waals surface area contributed by atoms with E-state index in [1.54, 1.807) is 0 Å². The van der Waals surface area contributed by atoms with E-state index in [9.17, 15) is 0 Å². The van der Waals surface area contributed by atoms with Gasteiger partial charge in [0.25, 0.3) is 0 Å². The van der Waals surface area contributed by atoms with Gasteiger partial charge >= 0.3 is 0 Å². The molecule has 2 heteroatoms. The van der Waals surface area contributed by atoms with Crippen molar-refractivity contribution >= 4 is 18.2 Å². The molecule has 2 aromatic carbocycles. The van der Waals surface area contributed by atoms with Gasteiger partial charge in [-0.15, -0.1) is 0 Å². The van der Waals surface area contributed by atoms with E-state index in [2.05, 4.69) is 81.5 Å². The van der Waals surface area contributed by atoms with E-state index in [-0.39, 0.29) is 0 Å². The third-order valence-electron chi connectivity index (χ3n) is 5.54. The van der Waals surface area contributed by atoms with Crippen LogP contribution in [0.1, 0.15) is 94.4 Å². The first-order chi connectivity index (χ1) is 15.7. The highest BCUT2D eigenvalue weighted by Crippen LogP contribution is 2.31. The third-order valence-corrected chi connectivity index (χ3v) is 5.54. The molecule has 0 spiro atoms. The Kier molecular flexibility index (Phi) is 12.4. The van der Waals surface area contributed by atoms with Gasteiger partial charge in [0.15, 0.2) is 0 Å². The molecule has 0 aliphatic carbocycles. The van der Waals surface area contributed by atoms with Crippen LogP contribution >= 0.6 is 0 Å². The first-order valence-electron chi connectivity index (χ1n) is 12.5. The van der Waals surface area contributed by atoms with Crippen molar-refractivity contribution in [1.82, 2.24) is 0 Å². The first-order valence-corrected chi connectivity index (χ1v) is 12.5. The summed E-state index contributed by atoms with van der Waals surface area (Å²) >= 11 is 0. The van der Waals surface area contributed by atoms with Crippen LogP contribution in [0.2, 0.25) is 0 Å². The van der Waals surface area contributed by atoms with Gasteiger partial charge in [0, 0.05) is 5.56 Å². The molecule has 0 amide bonds. The Labute approximate surface area is 196 Å². The normalized spacial score (nSPS) is 11.5. The molecule has 0 saturated heterocycles. The standard InChI is InChI=1S/C30H42O2/c1-5-8-10-12-20-31-29-24-28(19-18-27-17-14-16-26(23-27)15-7-3)30(22-25(29)4)32-21-13-11-9-6-2/h7,14-19,22-24H,5-6,8-13,20-21H2,1-4H3/b15-7+,19-18+. The number of benzene rings is 2. The number of unbranched alkanes of at least 4 members (excludes halogenated alkanes) is 6. The molecule has 0 bridgehead atoms. The maximum absolute atomic E-state index is 6.21. The summed E-state index contributed by atoms with van der Waals surface area (Å²) in [6, 6.07) is 12.8. The maximum atomic E-state index is 6.21. The SMILES string of the molecule is C/C=C/c1cccc(/C=C/c2cc(OCCCCCC)c(C)cc2OCCCCCC)c1. The highest BCUT2D eigenvalue weighted by molar-refractivity contribution is 5.74. The smallest absolute Gasteiger partial charge is 0.127 e. The van der Waals surface area contributed by atoms with E-state index < -0.39 is 0 Å². The molecule has 0 saturated carbocycles. The summed E-state index contributed by atoms with van der Waals surface area (Å²) in [5.74, 6) is 1.90. The Morgan fingerprint density at radius 1 is 0.688 bits per heavy atom. The minimum Gasteiger partial charge on any atom is -0.493 e. The molecule has 0 atom stereocenters. The topological polar surface area (TPSA) is 18.5 Å². The molecule has 0 radical (unpaired) electrons. The highest BCUT2D eigenvalue weighted by Gasteiger charge is 2.09. The molecular formula is C30H42O2. The molecular weight excluding hydrogens is 392 g/mol. The fraction of sp³-hybridized carbons (Fsp3) is 0.467. The van der Waals surface area contributed by atoms with Gasteiger partial charge in [-0.05, 0) is 61.6 Å². The summed E-state index contributed by atoms with van der Waals surface area (Å²) < 4.78 is 12.4. The Hall–Kier alpha value is -2.48. The summed E-state index contributed by atoms with van der Waals surface area (Å²) in [7, 11) is 0. The minimum atomic E-state index is 0.758. The second-order valence-corrected chi connectivity index (χ2v) is 8.48. The number of allylic oxidation sites excluding steroid dienone is 1. The average Bonchev–Trinajstić information content (AvgIpc) is 2.79. The van der Waals surface area contributed by atoms with Crippen LogP contribution in [-0.2, 0) is 0 Å². The lowest BCUT2D eigenvalue weighted by molar-refractivity contribution is 0.295. The molecule has 0 heterocycles. The zero-order chi connectivity index (χ0) is 23.0. The van der Waals surface area contributed by atoms with Crippen LogP contribution in [0.4, 0.5) is 0 Å². The van der Waals surface area contributed by atoms with Gasteiger partial charge < -0.3 is 9.47 Å². The van der Waals surface area contributed by atoms with Crippen molar-refractivity contribution in [2.24, 2.45) is 0 Å². The largest absolute Gasteiger partial charge is 0.493 e. The van der Waals surface area contributed by atoms with E-state index in [0.29, 0.717) is 0 Å². The Balaban J connectivity index is 2.18. The number of aryl methyl sites for hydroxylation is 1. The number of hydrogen-bond acceptors (Lipinski definition) is 2. The molecule has 2 nitrogen and oxygen atoms in total. The number of rotatable bonds is 15. The van der Waals surface area contributed by atoms with Gasteiger partial charge in [0.2, 0.25) is 0 Å². The zero-order valence-electron chi connectivity index (χ0n) is 20.7. The van der Waals surface area contributed by atoms with Crippen LogP contribution in [0.15, 0.2) is 42.5 Å². The quantitative estimate of drug-likeness (QED) is 0.205. The maximum Gasteiger partial charge on any atom is 0.127 e. The molecule has 2 rings (SSSR count). The summed E-state index contributed by atoms with van der Waals surface area (Å²) in [6.07, 6.45) is 18.2. The summed E-state index contributed by atoms with van der Waals surface area (Å²) in [5.41, 5.74) is 4.60. The molecule has 0 N–H and O–H groups in total. The Bertz CT molecular complexity index is 848. The van der Waals surface area contributed by atoms with E-state index in [0.717, 1.165) is 48.7 Å². The molecule has 2 aromatic rings. The minimum absolute atomic E-state index is 0.758. The van der Waals surface area contributed by atoms with Crippen molar-refractivity contribution in [2.45, 2.75) is 79.1 Å². The molecule has 0 aliphatic heterocycles. The predicted octanol–water partition coefficient (Wildman–Crippen LogP) is 9.12. The van der Waals surface area contributed by atoms with Crippen LogP contribution < -0.4 is 9.47 Å². The lowest BCUT2D eigenvalue weighted by atomic mass is 10.1. The lowest BCUT2D eigenvalue weighted by Gasteiger charge is -2.15. The van der Waals surface area contributed by atoms with Crippen molar-refractivity contribution in [3.05, 3.63) is 64.7 Å². The third kappa shape index (κ3) is 9.34. The van der Waals surface area contributed by atoms with E-state index in [1.165, 1.54) is 49.7 Å². The van der Waals surface area contributed by atoms with Crippen molar-refractivity contribution in [2.75, 3.05) is 13.2 Å². The lowest BCUT2D eigenvalue weighted by Crippen LogP contribution is -2.02. The van der Waals surface area contributed by atoms with Crippen molar-refractivity contribution in [1.29, 1.82) is 0 Å². The van der Waals surface area contributed by atoms with Crippen molar-refractivity contribution < 1.29 is 9.47 Å². The van der Waals surface area contributed by atoms with Gasteiger partial charge in [-0.1, -0.05) is 94.9 Å². The van der Waals surface area contributed by atoms with Crippen molar-refractivity contribution in [3.8, 4) is 11.5 Å². The van der Waals surface area contributed by atoms with Crippen LogP contribution in [0.25, 0.3) is 18.2 Å². The molecule has 0 aromatic heterocycles. The first kappa shape index (κ1) is 25.8. The summed E-state index contributed by atoms with van der Waals surface area (Å²) in [5, 5.41) is 0. The average molecular weight is 435 g/mol. The van der Waals surface area contributed by atoms with E-state index >= 15 is 0 Å². The second-order valence-electron chi connectivity index (χ2n) is 8.48. The molecule has 0 aliphatic rings. The molecule has 174 valence electrons. The van der Waals surface area contributed by atoms with Gasteiger partial charge in [-0.25, -0.2) is 0 Å².